The molecule has 27 heavy (non-hydrogen) atoms. The first kappa shape index (κ1) is 18.5. The molecular weight excluding hydrogens is 344 g/mol. The van der Waals surface area contributed by atoms with Gasteiger partial charge in [0.15, 0.2) is 6.61 Å². The second-order valence-corrected chi connectivity index (χ2v) is 6.06. The highest BCUT2D eigenvalue weighted by Gasteiger charge is 2.16. The normalized spacial score (nSPS) is 10.5. The fourth-order valence-electron chi connectivity index (χ4n) is 2.82. The van der Waals surface area contributed by atoms with Crippen molar-refractivity contribution in [1.29, 1.82) is 0 Å². The van der Waals surface area contributed by atoms with Crippen LogP contribution >= 0.6 is 0 Å². The lowest BCUT2D eigenvalue weighted by atomic mass is 10.1. The van der Waals surface area contributed by atoms with Crippen molar-refractivity contribution in [3.05, 3.63) is 54.2 Å². The number of para-hydroxylation sites is 2. The van der Waals surface area contributed by atoms with Crippen LogP contribution < -0.4 is 19.1 Å². The first-order valence-electron chi connectivity index (χ1n) is 8.51. The Hall–Kier alpha value is -3.28. The molecule has 140 valence electrons. The lowest BCUT2D eigenvalue weighted by Crippen LogP contribution is -2.31. The third kappa shape index (κ3) is 3.95. The number of aryl methyl sites for hydroxylation is 1. The average molecular weight is 366 g/mol. The van der Waals surface area contributed by atoms with Gasteiger partial charge in [0.1, 0.15) is 17.2 Å². The van der Waals surface area contributed by atoms with Gasteiger partial charge in [-0.05, 0) is 37.3 Å². The van der Waals surface area contributed by atoms with Crippen LogP contribution in [-0.4, -0.2) is 38.8 Å². The molecule has 2 aromatic carbocycles. The highest BCUT2D eigenvalue weighted by Crippen LogP contribution is 2.30. The Labute approximate surface area is 158 Å². The van der Waals surface area contributed by atoms with Crippen LogP contribution in [0.4, 0.5) is 5.69 Å². The lowest BCUT2D eigenvalue weighted by Gasteiger charge is -2.20. The van der Waals surface area contributed by atoms with Gasteiger partial charge in [-0.3, -0.25) is 9.78 Å². The molecule has 6 nitrogen and oxygen atoms in total. The molecule has 0 aliphatic rings. The third-order valence-corrected chi connectivity index (χ3v) is 4.28. The van der Waals surface area contributed by atoms with Crippen LogP contribution in [0.5, 0.6) is 17.2 Å². The summed E-state index contributed by atoms with van der Waals surface area (Å²) in [5.41, 5.74) is 2.29. The van der Waals surface area contributed by atoms with Crippen molar-refractivity contribution >= 4 is 22.5 Å². The van der Waals surface area contributed by atoms with E-state index in [1.807, 2.05) is 55.5 Å². The van der Waals surface area contributed by atoms with E-state index in [4.69, 9.17) is 14.2 Å². The molecule has 0 saturated heterocycles. The molecule has 0 radical (unpaired) electrons. The second kappa shape index (κ2) is 7.95. The number of likely N-dealkylation sites (N-methyl/N-ethyl adjacent to an activating group) is 1. The molecule has 3 rings (SSSR count). The largest absolute Gasteiger partial charge is 0.497 e. The Bertz CT molecular complexity index is 972. The fraction of sp³-hybridized carbons (Fsp3) is 0.238. The number of ether oxygens (including phenoxy) is 3. The molecular formula is C21H22N2O4. The molecule has 0 bridgehead atoms. The standard InChI is InChI=1S/C21H22N2O4/c1-14-11-20(16-12-15(25-3)9-10-17(16)22-14)27-13-21(24)23(2)18-7-5-6-8-19(18)26-4/h5-12H,13H2,1-4H3. The Morgan fingerprint density at radius 1 is 1.04 bits per heavy atom. The SMILES string of the molecule is COc1ccc2nc(C)cc(OCC(=O)N(C)c3ccccc3OC)c2c1. The van der Waals surface area contributed by atoms with Crippen LogP contribution in [0.2, 0.25) is 0 Å². The van der Waals surface area contributed by atoms with Gasteiger partial charge in [0, 0.05) is 24.2 Å². The summed E-state index contributed by atoms with van der Waals surface area (Å²) in [6.45, 7) is 1.78. The monoisotopic (exact) mass is 366 g/mol. The summed E-state index contributed by atoms with van der Waals surface area (Å²) in [5.74, 6) is 1.74. The van der Waals surface area contributed by atoms with Gasteiger partial charge in [-0.15, -0.1) is 0 Å². The van der Waals surface area contributed by atoms with Crippen molar-refractivity contribution in [2.45, 2.75) is 6.92 Å². The Morgan fingerprint density at radius 3 is 2.56 bits per heavy atom. The Balaban J connectivity index is 1.82. The number of aromatic nitrogens is 1. The summed E-state index contributed by atoms with van der Waals surface area (Å²) in [4.78, 5) is 18.7. The van der Waals surface area contributed by atoms with Crippen LogP contribution in [0.3, 0.4) is 0 Å². The summed E-state index contributed by atoms with van der Waals surface area (Å²) in [6, 6.07) is 14.7. The van der Waals surface area contributed by atoms with E-state index in [9.17, 15) is 4.79 Å². The number of amides is 1. The number of carbonyl (C=O) groups excluding carboxylic acids is 1. The van der Waals surface area contributed by atoms with Crippen LogP contribution in [0.25, 0.3) is 10.9 Å². The number of methoxy groups -OCH3 is 2. The van der Waals surface area contributed by atoms with Gasteiger partial charge in [-0.25, -0.2) is 0 Å². The molecule has 0 unspecified atom stereocenters. The quantitative estimate of drug-likeness (QED) is 0.667. The van der Waals surface area contributed by atoms with Crippen molar-refractivity contribution in [3.63, 3.8) is 0 Å². The lowest BCUT2D eigenvalue weighted by molar-refractivity contribution is -0.120. The number of benzene rings is 2. The van der Waals surface area contributed by atoms with Crippen LogP contribution in [0, 0.1) is 6.92 Å². The van der Waals surface area contributed by atoms with Gasteiger partial charge in [0.25, 0.3) is 5.91 Å². The smallest absolute Gasteiger partial charge is 0.264 e. The minimum Gasteiger partial charge on any atom is -0.497 e. The topological polar surface area (TPSA) is 60.9 Å². The highest BCUT2D eigenvalue weighted by molar-refractivity contribution is 5.95. The number of rotatable bonds is 6. The number of anilines is 1. The van der Waals surface area contributed by atoms with Crippen LogP contribution in [0.15, 0.2) is 48.5 Å². The van der Waals surface area contributed by atoms with Gasteiger partial charge < -0.3 is 19.1 Å². The summed E-state index contributed by atoms with van der Waals surface area (Å²) < 4.78 is 16.5. The van der Waals surface area contributed by atoms with E-state index in [0.29, 0.717) is 22.9 Å². The van der Waals surface area contributed by atoms with Crippen molar-refractivity contribution in [2.75, 3.05) is 32.8 Å². The first-order chi connectivity index (χ1) is 13.0. The van der Waals surface area contributed by atoms with E-state index < -0.39 is 0 Å². The number of hydrogen-bond donors (Lipinski definition) is 0. The third-order valence-electron chi connectivity index (χ3n) is 4.28. The van der Waals surface area contributed by atoms with Crippen LogP contribution in [-0.2, 0) is 4.79 Å². The summed E-state index contributed by atoms with van der Waals surface area (Å²) >= 11 is 0. The highest BCUT2D eigenvalue weighted by atomic mass is 16.5. The van der Waals surface area contributed by atoms with E-state index in [1.54, 1.807) is 21.3 Å². The van der Waals surface area contributed by atoms with Gasteiger partial charge in [-0.1, -0.05) is 12.1 Å². The second-order valence-electron chi connectivity index (χ2n) is 6.06. The number of carbonyl (C=O) groups is 1. The minimum atomic E-state index is -0.190. The van der Waals surface area contributed by atoms with Crippen molar-refractivity contribution in [2.24, 2.45) is 0 Å². The molecule has 0 atom stereocenters. The summed E-state index contributed by atoms with van der Waals surface area (Å²) in [7, 11) is 4.88. The van der Waals surface area contributed by atoms with Crippen LogP contribution in [0.1, 0.15) is 5.69 Å². The molecule has 1 heterocycles. The molecule has 0 aliphatic heterocycles. The first-order valence-corrected chi connectivity index (χ1v) is 8.51. The zero-order chi connectivity index (χ0) is 19.4. The van der Waals surface area contributed by atoms with Gasteiger partial charge in [0.05, 0.1) is 25.4 Å². The van der Waals surface area contributed by atoms with Crippen molar-refractivity contribution in [3.8, 4) is 17.2 Å². The zero-order valence-electron chi connectivity index (χ0n) is 15.9. The number of nitrogens with zero attached hydrogens (tertiary/aromatic N) is 2. The average Bonchev–Trinajstić information content (AvgIpc) is 2.70. The number of pyridine rings is 1. The van der Waals surface area contributed by atoms with E-state index in [2.05, 4.69) is 4.98 Å². The Kier molecular flexibility index (Phi) is 5.45. The molecule has 6 heteroatoms. The molecule has 1 aromatic heterocycles. The van der Waals surface area contributed by atoms with E-state index in [1.165, 1.54) is 4.90 Å². The molecule has 0 aliphatic carbocycles. The zero-order valence-corrected chi connectivity index (χ0v) is 15.9. The van der Waals surface area contributed by atoms with Gasteiger partial charge in [-0.2, -0.15) is 0 Å². The fourth-order valence-corrected chi connectivity index (χ4v) is 2.82. The molecule has 3 aromatic rings. The summed E-state index contributed by atoms with van der Waals surface area (Å²) in [5, 5.41) is 0.799. The van der Waals surface area contributed by atoms with Crippen molar-refractivity contribution in [1.82, 2.24) is 4.98 Å². The number of hydrogen-bond acceptors (Lipinski definition) is 5. The predicted octanol–water partition coefficient (Wildman–Crippen LogP) is 3.60. The molecule has 0 N–H and O–H groups in total. The Morgan fingerprint density at radius 2 is 1.81 bits per heavy atom. The van der Waals surface area contributed by atoms with Gasteiger partial charge in [0.2, 0.25) is 0 Å². The predicted molar refractivity (Wildman–Crippen MR) is 105 cm³/mol. The van der Waals surface area contributed by atoms with E-state index in [-0.39, 0.29) is 12.5 Å². The molecule has 0 fully saturated rings. The molecule has 1 amide bonds. The maximum atomic E-state index is 12.6. The van der Waals surface area contributed by atoms with Crippen molar-refractivity contribution < 1.29 is 19.0 Å². The maximum absolute atomic E-state index is 12.6. The van der Waals surface area contributed by atoms with E-state index >= 15 is 0 Å². The van der Waals surface area contributed by atoms with Gasteiger partial charge >= 0.3 is 0 Å². The maximum Gasteiger partial charge on any atom is 0.264 e. The molecule has 0 spiro atoms. The molecule has 0 saturated carbocycles. The van der Waals surface area contributed by atoms with E-state index in [0.717, 1.165) is 16.6 Å². The minimum absolute atomic E-state index is 0.107. The number of fused-ring (bicyclic) bond motifs is 1. The summed E-state index contributed by atoms with van der Waals surface area (Å²) in [6.07, 6.45) is 0.